The van der Waals surface area contributed by atoms with Crippen molar-refractivity contribution in [2.24, 2.45) is 5.92 Å². The van der Waals surface area contributed by atoms with Crippen LogP contribution in [0.4, 0.5) is 0 Å². The number of carbonyl (C=O) groups excluding carboxylic acids is 1. The number of para-hydroxylation sites is 1. The summed E-state index contributed by atoms with van der Waals surface area (Å²) < 4.78 is 10.7. The zero-order chi connectivity index (χ0) is 13.3. The minimum Gasteiger partial charge on any atom is -0.468 e. The first-order chi connectivity index (χ1) is 8.56. The standard InChI is InChI=1S/C15H18O3/c1-9(2)13(15(16)17-4)14-10(3)11-7-5-6-8-12(11)18-14/h5-9,13H,1-4H3. The number of carbonyl (C=O) groups is 1. The average molecular weight is 246 g/mol. The van der Waals surface area contributed by atoms with Gasteiger partial charge in [-0.2, -0.15) is 0 Å². The maximum Gasteiger partial charge on any atom is 0.316 e. The zero-order valence-corrected chi connectivity index (χ0v) is 11.2. The van der Waals surface area contributed by atoms with Crippen LogP contribution in [-0.4, -0.2) is 13.1 Å². The molecule has 0 bridgehead atoms. The quantitative estimate of drug-likeness (QED) is 0.776. The first-order valence-corrected chi connectivity index (χ1v) is 6.12. The van der Waals surface area contributed by atoms with E-state index in [1.807, 2.05) is 45.0 Å². The molecule has 0 saturated carbocycles. The van der Waals surface area contributed by atoms with Crippen molar-refractivity contribution < 1.29 is 13.9 Å². The van der Waals surface area contributed by atoms with Crippen molar-refractivity contribution in [2.75, 3.05) is 7.11 Å². The van der Waals surface area contributed by atoms with E-state index < -0.39 is 0 Å². The second-order valence-electron chi connectivity index (χ2n) is 4.83. The van der Waals surface area contributed by atoms with Gasteiger partial charge in [-0.3, -0.25) is 4.79 Å². The molecule has 1 aromatic carbocycles. The molecular formula is C15H18O3. The summed E-state index contributed by atoms with van der Waals surface area (Å²) in [5.74, 6) is 0.268. The van der Waals surface area contributed by atoms with Crippen LogP contribution in [-0.2, 0) is 9.53 Å². The highest BCUT2D eigenvalue weighted by molar-refractivity contribution is 5.85. The first kappa shape index (κ1) is 12.7. The number of fused-ring (bicyclic) bond motifs is 1. The fourth-order valence-corrected chi connectivity index (χ4v) is 2.30. The minimum absolute atomic E-state index is 0.136. The zero-order valence-electron chi connectivity index (χ0n) is 11.2. The Morgan fingerprint density at radius 2 is 1.94 bits per heavy atom. The maximum absolute atomic E-state index is 11.9. The van der Waals surface area contributed by atoms with E-state index in [-0.39, 0.29) is 17.8 Å². The monoisotopic (exact) mass is 246 g/mol. The Kier molecular flexibility index (Phi) is 3.41. The number of furan rings is 1. The molecule has 1 heterocycles. The van der Waals surface area contributed by atoms with Crippen molar-refractivity contribution in [3.8, 4) is 0 Å². The fourth-order valence-electron chi connectivity index (χ4n) is 2.30. The lowest BCUT2D eigenvalue weighted by Gasteiger charge is -2.16. The predicted molar refractivity (Wildman–Crippen MR) is 70.5 cm³/mol. The highest BCUT2D eigenvalue weighted by atomic mass is 16.5. The molecule has 3 nitrogen and oxygen atoms in total. The van der Waals surface area contributed by atoms with Crippen molar-refractivity contribution in [1.29, 1.82) is 0 Å². The predicted octanol–water partition coefficient (Wildman–Crippen LogP) is 3.65. The van der Waals surface area contributed by atoms with Crippen LogP contribution in [0, 0.1) is 12.8 Å². The van der Waals surface area contributed by atoms with Crippen LogP contribution in [0.25, 0.3) is 11.0 Å². The number of rotatable bonds is 3. The Balaban J connectivity index is 2.57. The van der Waals surface area contributed by atoms with Crippen LogP contribution in [0.15, 0.2) is 28.7 Å². The molecule has 0 fully saturated rings. The molecule has 18 heavy (non-hydrogen) atoms. The summed E-state index contributed by atoms with van der Waals surface area (Å²) in [6.45, 7) is 5.97. The number of hydrogen-bond acceptors (Lipinski definition) is 3. The van der Waals surface area contributed by atoms with Crippen molar-refractivity contribution in [3.63, 3.8) is 0 Å². The Labute approximate surface area is 107 Å². The van der Waals surface area contributed by atoms with E-state index in [9.17, 15) is 4.79 Å². The smallest absolute Gasteiger partial charge is 0.316 e. The van der Waals surface area contributed by atoms with Gasteiger partial charge in [0, 0.05) is 5.39 Å². The maximum atomic E-state index is 11.9. The SMILES string of the molecule is COC(=O)C(c1oc2ccccc2c1C)C(C)C. The number of esters is 1. The van der Waals surface area contributed by atoms with Gasteiger partial charge in [0.2, 0.25) is 0 Å². The highest BCUT2D eigenvalue weighted by Gasteiger charge is 2.30. The molecule has 1 aromatic heterocycles. The number of benzene rings is 1. The van der Waals surface area contributed by atoms with E-state index in [0.717, 1.165) is 22.3 Å². The molecule has 1 atom stereocenters. The molecule has 2 aromatic rings. The van der Waals surface area contributed by atoms with Gasteiger partial charge < -0.3 is 9.15 Å². The topological polar surface area (TPSA) is 39.4 Å². The number of hydrogen-bond donors (Lipinski definition) is 0. The van der Waals surface area contributed by atoms with Crippen molar-refractivity contribution >= 4 is 16.9 Å². The van der Waals surface area contributed by atoms with E-state index in [1.54, 1.807) is 0 Å². The third kappa shape index (κ3) is 2.01. The Hall–Kier alpha value is -1.77. The summed E-state index contributed by atoms with van der Waals surface area (Å²) in [5, 5.41) is 1.06. The molecule has 0 aliphatic heterocycles. The van der Waals surface area contributed by atoms with E-state index >= 15 is 0 Å². The van der Waals surface area contributed by atoms with Crippen LogP contribution in [0.5, 0.6) is 0 Å². The van der Waals surface area contributed by atoms with Gasteiger partial charge in [-0.05, 0) is 24.5 Å². The Morgan fingerprint density at radius 3 is 2.50 bits per heavy atom. The molecule has 0 aliphatic carbocycles. The van der Waals surface area contributed by atoms with Gasteiger partial charge in [0.05, 0.1) is 7.11 Å². The fraction of sp³-hybridized carbons (Fsp3) is 0.400. The van der Waals surface area contributed by atoms with Gasteiger partial charge in [0.25, 0.3) is 0 Å². The lowest BCUT2D eigenvalue weighted by Crippen LogP contribution is -2.19. The van der Waals surface area contributed by atoms with Crippen LogP contribution in [0.1, 0.15) is 31.1 Å². The van der Waals surface area contributed by atoms with Crippen molar-refractivity contribution in [2.45, 2.75) is 26.7 Å². The largest absolute Gasteiger partial charge is 0.468 e. The first-order valence-electron chi connectivity index (χ1n) is 6.12. The summed E-state index contributed by atoms with van der Waals surface area (Å²) in [6.07, 6.45) is 0. The van der Waals surface area contributed by atoms with E-state index in [0.29, 0.717) is 0 Å². The summed E-state index contributed by atoms with van der Waals surface area (Å²) in [5.41, 5.74) is 1.84. The molecule has 0 aliphatic rings. The highest BCUT2D eigenvalue weighted by Crippen LogP contribution is 2.34. The summed E-state index contributed by atoms with van der Waals surface area (Å²) in [7, 11) is 1.41. The van der Waals surface area contributed by atoms with E-state index in [4.69, 9.17) is 9.15 Å². The second kappa shape index (κ2) is 4.84. The summed E-state index contributed by atoms with van der Waals surface area (Å²) in [6, 6.07) is 7.82. The molecule has 0 N–H and O–H groups in total. The van der Waals surface area contributed by atoms with Crippen LogP contribution < -0.4 is 0 Å². The normalized spacial score (nSPS) is 12.9. The van der Waals surface area contributed by atoms with Gasteiger partial charge >= 0.3 is 5.97 Å². The Morgan fingerprint density at radius 1 is 1.28 bits per heavy atom. The van der Waals surface area contributed by atoms with Crippen LogP contribution in [0.3, 0.4) is 0 Å². The molecule has 0 radical (unpaired) electrons. The van der Waals surface area contributed by atoms with E-state index in [1.165, 1.54) is 7.11 Å². The molecular weight excluding hydrogens is 228 g/mol. The molecule has 0 saturated heterocycles. The number of ether oxygens (including phenoxy) is 1. The van der Waals surface area contributed by atoms with E-state index in [2.05, 4.69) is 0 Å². The molecule has 0 spiro atoms. The van der Waals surface area contributed by atoms with Gasteiger partial charge in [0.15, 0.2) is 0 Å². The second-order valence-corrected chi connectivity index (χ2v) is 4.83. The third-order valence-corrected chi connectivity index (χ3v) is 3.28. The minimum atomic E-state index is -0.345. The molecule has 2 rings (SSSR count). The van der Waals surface area contributed by atoms with Crippen molar-refractivity contribution in [1.82, 2.24) is 0 Å². The van der Waals surface area contributed by atoms with Crippen molar-refractivity contribution in [3.05, 3.63) is 35.6 Å². The molecule has 1 unspecified atom stereocenters. The Bertz CT molecular complexity index is 566. The summed E-state index contributed by atoms with van der Waals surface area (Å²) in [4.78, 5) is 11.9. The third-order valence-electron chi connectivity index (χ3n) is 3.28. The number of methoxy groups -OCH3 is 1. The summed E-state index contributed by atoms with van der Waals surface area (Å²) >= 11 is 0. The van der Waals surface area contributed by atoms with Crippen LogP contribution in [0.2, 0.25) is 0 Å². The van der Waals surface area contributed by atoms with Crippen LogP contribution >= 0.6 is 0 Å². The lowest BCUT2D eigenvalue weighted by atomic mass is 9.91. The van der Waals surface area contributed by atoms with Gasteiger partial charge in [-0.1, -0.05) is 32.0 Å². The van der Waals surface area contributed by atoms with Gasteiger partial charge in [0.1, 0.15) is 17.3 Å². The lowest BCUT2D eigenvalue weighted by molar-refractivity contribution is -0.144. The average Bonchev–Trinajstić information content (AvgIpc) is 2.67. The molecule has 3 heteroatoms. The molecule has 96 valence electrons. The van der Waals surface area contributed by atoms with Gasteiger partial charge in [-0.25, -0.2) is 0 Å². The molecule has 0 amide bonds. The number of aryl methyl sites for hydroxylation is 1. The van der Waals surface area contributed by atoms with Gasteiger partial charge in [-0.15, -0.1) is 0 Å².